The van der Waals surface area contributed by atoms with Crippen LogP contribution in [-0.4, -0.2) is 40.2 Å². The molecule has 4 aromatic rings. The Morgan fingerprint density at radius 1 is 0.667 bits per heavy atom. The number of hydrogen-bond donors (Lipinski definition) is 1. The summed E-state index contributed by atoms with van der Waals surface area (Å²) in [6, 6.07) is 16.0. The highest BCUT2D eigenvalue weighted by atomic mass is 19.1. The van der Waals surface area contributed by atoms with Crippen LogP contribution in [0.25, 0.3) is 11.4 Å². The van der Waals surface area contributed by atoms with Crippen LogP contribution in [0.3, 0.4) is 0 Å². The second-order valence-electron chi connectivity index (χ2n) is 11.1. The van der Waals surface area contributed by atoms with E-state index in [1.807, 2.05) is 26.0 Å². The number of aromatic nitrogens is 2. The van der Waals surface area contributed by atoms with Crippen molar-refractivity contribution in [3.63, 3.8) is 0 Å². The Kier molecular flexibility index (Phi) is 16.0. The summed E-state index contributed by atoms with van der Waals surface area (Å²) in [7, 11) is 0. The molecule has 4 rings (SSSR count). The van der Waals surface area contributed by atoms with Gasteiger partial charge in [-0.3, -0.25) is 0 Å². The SMILES string of the molecule is CCCCCCCCc1ccc(-c2ncc(OC(=O)c3ccc(OCCC)cc3F)cn2)cc1.CCCOc1ccc(C(=O)O)c(F)c1. The van der Waals surface area contributed by atoms with Crippen molar-refractivity contribution in [1.29, 1.82) is 0 Å². The van der Waals surface area contributed by atoms with Gasteiger partial charge in [0.2, 0.25) is 0 Å². The zero-order valence-corrected chi connectivity index (χ0v) is 27.8. The van der Waals surface area contributed by atoms with Gasteiger partial charge in [-0.2, -0.15) is 0 Å². The molecule has 0 saturated carbocycles. The Bertz CT molecular complexity index is 1580. The summed E-state index contributed by atoms with van der Waals surface area (Å²) in [5.74, 6) is -2.13. The van der Waals surface area contributed by atoms with Crippen LogP contribution in [0.2, 0.25) is 0 Å². The lowest BCUT2D eigenvalue weighted by Crippen LogP contribution is -2.11. The van der Waals surface area contributed by atoms with Crippen molar-refractivity contribution in [2.45, 2.75) is 78.6 Å². The van der Waals surface area contributed by atoms with Crippen molar-refractivity contribution < 1.29 is 37.7 Å². The van der Waals surface area contributed by atoms with Gasteiger partial charge in [0.1, 0.15) is 23.1 Å². The number of carboxylic acids is 1. The highest BCUT2D eigenvalue weighted by Crippen LogP contribution is 2.22. The number of carbonyl (C=O) groups excluding carboxylic acids is 1. The Hall–Kier alpha value is -4.86. The quantitative estimate of drug-likeness (QED) is 0.0880. The molecule has 0 aliphatic heterocycles. The number of halogens is 2. The molecular weight excluding hydrogens is 618 g/mol. The first kappa shape index (κ1) is 37.6. The minimum Gasteiger partial charge on any atom is -0.494 e. The van der Waals surface area contributed by atoms with Gasteiger partial charge in [-0.25, -0.2) is 28.3 Å². The summed E-state index contributed by atoms with van der Waals surface area (Å²) in [6.45, 7) is 7.10. The lowest BCUT2D eigenvalue weighted by Gasteiger charge is -2.08. The number of ether oxygens (including phenoxy) is 3. The molecule has 8 nitrogen and oxygen atoms in total. The number of hydrogen-bond acceptors (Lipinski definition) is 7. The third-order valence-corrected chi connectivity index (χ3v) is 7.15. The molecule has 0 bridgehead atoms. The lowest BCUT2D eigenvalue weighted by atomic mass is 10.0. The summed E-state index contributed by atoms with van der Waals surface area (Å²) in [5, 5.41) is 8.55. The maximum atomic E-state index is 14.3. The van der Waals surface area contributed by atoms with E-state index < -0.39 is 23.6 Å². The van der Waals surface area contributed by atoms with Gasteiger partial charge in [0.05, 0.1) is 36.7 Å². The molecule has 0 aliphatic carbocycles. The van der Waals surface area contributed by atoms with E-state index in [9.17, 15) is 18.4 Å². The molecule has 0 saturated heterocycles. The van der Waals surface area contributed by atoms with Crippen molar-refractivity contribution in [2.24, 2.45) is 0 Å². The molecule has 0 unspecified atom stereocenters. The third kappa shape index (κ3) is 12.4. The molecule has 48 heavy (non-hydrogen) atoms. The number of nitrogens with zero attached hydrogens (tertiary/aromatic N) is 2. The van der Waals surface area contributed by atoms with Crippen LogP contribution in [0.15, 0.2) is 73.1 Å². The number of esters is 1. The van der Waals surface area contributed by atoms with Crippen LogP contribution < -0.4 is 14.2 Å². The van der Waals surface area contributed by atoms with E-state index in [2.05, 4.69) is 29.0 Å². The maximum Gasteiger partial charge on any atom is 0.346 e. The predicted octanol–water partition coefficient (Wildman–Crippen LogP) is 9.51. The number of benzene rings is 3. The zero-order chi connectivity index (χ0) is 34.7. The van der Waals surface area contributed by atoms with E-state index in [0.717, 1.165) is 30.9 Å². The first-order valence-electron chi connectivity index (χ1n) is 16.5. The molecule has 10 heteroatoms. The van der Waals surface area contributed by atoms with Crippen molar-refractivity contribution in [3.05, 3.63) is 101 Å². The van der Waals surface area contributed by atoms with Crippen LogP contribution in [0, 0.1) is 11.6 Å². The maximum absolute atomic E-state index is 14.3. The van der Waals surface area contributed by atoms with Crippen molar-refractivity contribution >= 4 is 11.9 Å². The normalized spacial score (nSPS) is 10.5. The Balaban J connectivity index is 0.000000373. The summed E-state index contributed by atoms with van der Waals surface area (Å²) in [4.78, 5) is 31.4. The molecule has 0 aliphatic rings. The second kappa shape index (κ2) is 20.4. The first-order chi connectivity index (χ1) is 23.2. The van der Waals surface area contributed by atoms with Gasteiger partial charge in [-0.15, -0.1) is 0 Å². The van der Waals surface area contributed by atoms with Gasteiger partial charge >= 0.3 is 11.9 Å². The van der Waals surface area contributed by atoms with E-state index in [-0.39, 0.29) is 16.9 Å². The minimum atomic E-state index is -1.27. The Morgan fingerprint density at radius 2 is 1.21 bits per heavy atom. The number of aryl methyl sites for hydroxylation is 1. The van der Waals surface area contributed by atoms with Gasteiger partial charge < -0.3 is 19.3 Å². The van der Waals surface area contributed by atoms with Crippen molar-refractivity contribution in [3.8, 4) is 28.6 Å². The van der Waals surface area contributed by atoms with Gasteiger partial charge in [0.25, 0.3) is 0 Å². The Labute approximate surface area is 281 Å². The van der Waals surface area contributed by atoms with Crippen LogP contribution >= 0.6 is 0 Å². The number of carboxylic acid groups (broad SMARTS) is 1. The fourth-order valence-electron chi connectivity index (χ4n) is 4.56. The largest absolute Gasteiger partial charge is 0.494 e. The monoisotopic (exact) mass is 662 g/mol. The molecule has 0 fully saturated rings. The average molecular weight is 663 g/mol. The topological polar surface area (TPSA) is 108 Å². The first-order valence-corrected chi connectivity index (χ1v) is 16.5. The molecule has 256 valence electrons. The molecule has 1 heterocycles. The molecule has 1 aromatic heterocycles. The van der Waals surface area contributed by atoms with E-state index in [1.54, 1.807) is 6.07 Å². The lowest BCUT2D eigenvalue weighted by molar-refractivity contribution is 0.0689. The zero-order valence-electron chi connectivity index (χ0n) is 27.8. The van der Waals surface area contributed by atoms with Crippen LogP contribution in [0.4, 0.5) is 8.78 Å². The average Bonchev–Trinajstić information content (AvgIpc) is 3.08. The van der Waals surface area contributed by atoms with E-state index in [1.165, 1.54) is 80.7 Å². The molecule has 3 aromatic carbocycles. The molecule has 0 radical (unpaired) electrons. The molecular formula is C38H44F2N2O6. The summed E-state index contributed by atoms with van der Waals surface area (Å²) in [6.07, 6.45) is 13.2. The van der Waals surface area contributed by atoms with E-state index in [0.29, 0.717) is 30.5 Å². The summed E-state index contributed by atoms with van der Waals surface area (Å²) < 4.78 is 43.1. The smallest absolute Gasteiger partial charge is 0.346 e. The number of aromatic carboxylic acids is 1. The van der Waals surface area contributed by atoms with Gasteiger partial charge in [0, 0.05) is 17.7 Å². The molecule has 0 atom stereocenters. The fourth-order valence-corrected chi connectivity index (χ4v) is 4.56. The molecule has 0 spiro atoms. The standard InChI is InChI=1S/C28H33FN2O3.C10H11FO3/c1-3-5-6-7-8-9-10-21-11-13-22(14-12-21)27-30-19-24(20-31-27)34-28(32)25-16-15-23(18-26(25)29)33-17-4-2;1-2-5-14-7-3-4-8(10(12)13)9(11)6-7/h11-16,18-20H,3-10,17H2,1-2H3;3-4,6H,2,5H2,1H3,(H,12,13). The van der Waals surface area contributed by atoms with Gasteiger partial charge in [0.15, 0.2) is 11.6 Å². The summed E-state index contributed by atoms with van der Waals surface area (Å²) in [5.41, 5.74) is 1.68. The number of carbonyl (C=O) groups is 2. The van der Waals surface area contributed by atoms with Crippen LogP contribution in [0.1, 0.15) is 98.4 Å². The van der Waals surface area contributed by atoms with Gasteiger partial charge in [-0.05, 0) is 55.5 Å². The predicted molar refractivity (Wildman–Crippen MR) is 181 cm³/mol. The van der Waals surface area contributed by atoms with E-state index >= 15 is 0 Å². The van der Waals surface area contributed by atoms with Crippen LogP contribution in [0.5, 0.6) is 17.2 Å². The minimum absolute atomic E-state index is 0.152. The molecule has 1 N–H and O–H groups in total. The Morgan fingerprint density at radius 3 is 1.73 bits per heavy atom. The third-order valence-electron chi connectivity index (χ3n) is 7.15. The van der Waals surface area contributed by atoms with Crippen molar-refractivity contribution in [2.75, 3.05) is 13.2 Å². The highest BCUT2D eigenvalue weighted by Gasteiger charge is 2.16. The fraction of sp³-hybridized carbons (Fsp3) is 0.368. The van der Waals surface area contributed by atoms with Gasteiger partial charge in [-0.1, -0.05) is 77.1 Å². The van der Waals surface area contributed by atoms with Crippen molar-refractivity contribution in [1.82, 2.24) is 9.97 Å². The molecule has 0 amide bonds. The highest BCUT2D eigenvalue weighted by molar-refractivity contribution is 5.91. The summed E-state index contributed by atoms with van der Waals surface area (Å²) >= 11 is 0. The van der Waals surface area contributed by atoms with E-state index in [4.69, 9.17) is 19.3 Å². The second-order valence-corrected chi connectivity index (χ2v) is 11.1. The number of rotatable bonds is 17. The number of unbranched alkanes of at least 4 members (excludes halogenated alkanes) is 5. The van der Waals surface area contributed by atoms with Crippen LogP contribution in [-0.2, 0) is 6.42 Å².